The molecular formula is C13H14N4O3. The predicted molar refractivity (Wildman–Crippen MR) is 71.2 cm³/mol. The molecule has 1 N–H and O–H groups in total. The van der Waals surface area contributed by atoms with Crippen LogP contribution >= 0.6 is 0 Å². The Morgan fingerprint density at radius 1 is 1.20 bits per heavy atom. The molecule has 0 atom stereocenters. The summed E-state index contributed by atoms with van der Waals surface area (Å²) in [6, 6.07) is 6.82. The molecule has 1 aliphatic rings. The molecule has 1 saturated heterocycles. The Morgan fingerprint density at radius 2 is 1.95 bits per heavy atom. The lowest BCUT2D eigenvalue weighted by Gasteiger charge is -2.31. The number of carbonyl (C=O) groups is 1. The van der Waals surface area contributed by atoms with Crippen molar-refractivity contribution in [3.05, 3.63) is 24.3 Å². The first-order chi connectivity index (χ1) is 9.78. The molecule has 7 heteroatoms. The van der Waals surface area contributed by atoms with Crippen LogP contribution in [0.1, 0.15) is 0 Å². The Balaban J connectivity index is 1.78. The van der Waals surface area contributed by atoms with Gasteiger partial charge in [-0.05, 0) is 17.3 Å². The van der Waals surface area contributed by atoms with Gasteiger partial charge in [-0.3, -0.25) is 4.79 Å². The van der Waals surface area contributed by atoms with Gasteiger partial charge in [0, 0.05) is 26.2 Å². The van der Waals surface area contributed by atoms with Gasteiger partial charge in [0.1, 0.15) is 5.75 Å². The smallest absolute Gasteiger partial charge is 0.266 e. The highest BCUT2D eigenvalue weighted by Crippen LogP contribution is 2.28. The number of aromatic hydroxyl groups is 1. The summed E-state index contributed by atoms with van der Waals surface area (Å²) in [5.74, 6) is 0.873. The fourth-order valence-electron chi connectivity index (χ4n) is 2.14. The maximum absolute atomic E-state index is 10.7. The molecule has 104 valence electrons. The monoisotopic (exact) mass is 274 g/mol. The molecule has 1 aromatic heterocycles. The van der Waals surface area contributed by atoms with Gasteiger partial charge in [0.2, 0.25) is 6.41 Å². The van der Waals surface area contributed by atoms with E-state index in [2.05, 4.69) is 10.1 Å². The first kappa shape index (κ1) is 12.5. The molecule has 0 unspecified atom stereocenters. The Bertz CT molecular complexity index is 605. The molecule has 0 radical (unpaired) electrons. The Hall–Kier alpha value is -2.57. The fraction of sp³-hybridized carbons (Fsp3) is 0.308. The molecule has 0 bridgehead atoms. The van der Waals surface area contributed by atoms with E-state index in [0.717, 1.165) is 6.41 Å². The zero-order chi connectivity index (χ0) is 13.9. The number of benzene rings is 1. The summed E-state index contributed by atoms with van der Waals surface area (Å²) in [6.45, 7) is 2.62. The van der Waals surface area contributed by atoms with Crippen LogP contribution in [0.15, 0.2) is 28.8 Å². The molecule has 2 heterocycles. The number of anilines is 1. The van der Waals surface area contributed by atoms with E-state index >= 15 is 0 Å². The highest BCUT2D eigenvalue weighted by molar-refractivity contribution is 5.62. The van der Waals surface area contributed by atoms with E-state index in [1.807, 2.05) is 4.90 Å². The summed E-state index contributed by atoms with van der Waals surface area (Å²) in [5, 5.41) is 13.7. The fourth-order valence-corrected chi connectivity index (χ4v) is 2.14. The average molecular weight is 274 g/mol. The Labute approximate surface area is 115 Å². The lowest BCUT2D eigenvalue weighted by molar-refractivity contribution is -0.118. The number of aromatic nitrogens is 2. The van der Waals surface area contributed by atoms with Crippen molar-refractivity contribution in [2.75, 3.05) is 31.1 Å². The van der Waals surface area contributed by atoms with Crippen molar-refractivity contribution in [3.8, 4) is 17.2 Å². The van der Waals surface area contributed by atoms with Crippen LogP contribution in [-0.2, 0) is 4.79 Å². The van der Waals surface area contributed by atoms with Crippen LogP contribution in [0.3, 0.4) is 0 Å². The molecule has 7 nitrogen and oxygen atoms in total. The number of rotatable bonds is 3. The zero-order valence-corrected chi connectivity index (χ0v) is 10.8. The molecular weight excluding hydrogens is 260 g/mol. The van der Waals surface area contributed by atoms with Crippen molar-refractivity contribution in [1.29, 1.82) is 0 Å². The molecule has 1 amide bonds. The number of carbonyl (C=O) groups excluding carboxylic acids is 1. The lowest BCUT2D eigenvalue weighted by Crippen LogP contribution is -2.46. The second kappa shape index (κ2) is 5.20. The average Bonchev–Trinajstić information content (AvgIpc) is 2.97. The van der Waals surface area contributed by atoms with E-state index in [0.29, 0.717) is 37.7 Å². The van der Waals surface area contributed by atoms with Crippen molar-refractivity contribution in [3.63, 3.8) is 0 Å². The van der Waals surface area contributed by atoms with E-state index in [4.69, 9.17) is 4.52 Å². The van der Waals surface area contributed by atoms with Crippen LogP contribution in [0.5, 0.6) is 5.75 Å². The Morgan fingerprint density at radius 3 is 2.65 bits per heavy atom. The number of hydrogen-bond donors (Lipinski definition) is 1. The van der Waals surface area contributed by atoms with E-state index < -0.39 is 0 Å². The van der Waals surface area contributed by atoms with Gasteiger partial charge < -0.3 is 19.4 Å². The molecule has 2 aromatic rings. The van der Waals surface area contributed by atoms with Gasteiger partial charge in [0.05, 0.1) is 5.56 Å². The van der Waals surface area contributed by atoms with Gasteiger partial charge in [0.15, 0.2) is 0 Å². The minimum atomic E-state index is 0.105. The highest BCUT2D eigenvalue weighted by atomic mass is 16.5. The maximum atomic E-state index is 10.7. The molecule has 1 aliphatic heterocycles. The molecule has 0 aliphatic carbocycles. The summed E-state index contributed by atoms with van der Waals surface area (Å²) in [6.07, 6.45) is 0.848. The van der Waals surface area contributed by atoms with Crippen molar-refractivity contribution in [1.82, 2.24) is 15.0 Å². The van der Waals surface area contributed by atoms with Crippen molar-refractivity contribution >= 4 is 12.4 Å². The number of amides is 1. The van der Waals surface area contributed by atoms with Crippen molar-refractivity contribution in [2.45, 2.75) is 0 Å². The predicted octanol–water partition coefficient (Wildman–Crippen LogP) is 0.721. The van der Waals surface area contributed by atoms with E-state index in [9.17, 15) is 9.90 Å². The standard InChI is InChI=1S/C13H14N4O3/c18-9-16-5-7-17(8-6-16)13-14-12(20-15-13)10-3-1-2-4-11(10)19/h1-4,9,19H,5-8H2. The molecule has 3 rings (SSSR count). The largest absolute Gasteiger partial charge is 0.507 e. The quantitative estimate of drug-likeness (QED) is 0.830. The zero-order valence-electron chi connectivity index (χ0n) is 10.8. The van der Waals surface area contributed by atoms with Gasteiger partial charge in [-0.25, -0.2) is 0 Å². The van der Waals surface area contributed by atoms with Gasteiger partial charge in [0.25, 0.3) is 11.8 Å². The van der Waals surface area contributed by atoms with E-state index in [-0.39, 0.29) is 11.6 Å². The third-order valence-corrected chi connectivity index (χ3v) is 3.30. The van der Waals surface area contributed by atoms with Gasteiger partial charge in [-0.2, -0.15) is 4.98 Å². The summed E-state index contributed by atoms with van der Waals surface area (Å²) < 4.78 is 5.19. The third-order valence-electron chi connectivity index (χ3n) is 3.30. The number of hydrogen-bond acceptors (Lipinski definition) is 6. The van der Waals surface area contributed by atoms with Crippen molar-refractivity contribution < 1.29 is 14.4 Å². The number of piperazine rings is 1. The first-order valence-corrected chi connectivity index (χ1v) is 6.34. The summed E-state index contributed by atoms with van der Waals surface area (Å²) in [4.78, 5) is 18.6. The highest BCUT2D eigenvalue weighted by Gasteiger charge is 2.21. The summed E-state index contributed by atoms with van der Waals surface area (Å²) >= 11 is 0. The molecule has 0 saturated carbocycles. The number of phenols is 1. The first-order valence-electron chi connectivity index (χ1n) is 6.34. The van der Waals surface area contributed by atoms with E-state index in [1.165, 1.54) is 0 Å². The van der Waals surface area contributed by atoms with Crippen LogP contribution in [-0.4, -0.2) is 52.7 Å². The number of phenolic OH excluding ortho intramolecular Hbond substituents is 1. The normalized spacial score (nSPS) is 15.4. The summed E-state index contributed by atoms with van der Waals surface area (Å²) in [5.41, 5.74) is 0.512. The molecule has 1 fully saturated rings. The number of para-hydroxylation sites is 1. The Kier molecular flexibility index (Phi) is 3.24. The summed E-state index contributed by atoms with van der Waals surface area (Å²) in [7, 11) is 0. The second-order valence-corrected chi connectivity index (χ2v) is 4.55. The SMILES string of the molecule is O=CN1CCN(c2noc(-c3ccccc3O)n2)CC1. The van der Waals surface area contributed by atoms with Gasteiger partial charge >= 0.3 is 0 Å². The van der Waals surface area contributed by atoms with E-state index in [1.54, 1.807) is 29.2 Å². The third kappa shape index (κ3) is 2.29. The van der Waals surface area contributed by atoms with Crippen LogP contribution in [0.4, 0.5) is 5.95 Å². The lowest BCUT2D eigenvalue weighted by atomic mass is 10.2. The number of nitrogens with zero attached hydrogens (tertiary/aromatic N) is 4. The van der Waals surface area contributed by atoms with Crippen LogP contribution in [0, 0.1) is 0 Å². The topological polar surface area (TPSA) is 82.7 Å². The molecule has 1 aromatic carbocycles. The second-order valence-electron chi connectivity index (χ2n) is 4.55. The van der Waals surface area contributed by atoms with Gasteiger partial charge in [-0.15, -0.1) is 0 Å². The van der Waals surface area contributed by atoms with Gasteiger partial charge in [-0.1, -0.05) is 12.1 Å². The van der Waals surface area contributed by atoms with Crippen molar-refractivity contribution in [2.24, 2.45) is 0 Å². The van der Waals surface area contributed by atoms with Crippen LogP contribution < -0.4 is 4.90 Å². The maximum Gasteiger partial charge on any atom is 0.266 e. The minimum Gasteiger partial charge on any atom is -0.507 e. The molecule has 0 spiro atoms. The van der Waals surface area contributed by atoms with Crippen LogP contribution in [0.2, 0.25) is 0 Å². The minimum absolute atomic E-state index is 0.105. The van der Waals surface area contributed by atoms with Crippen LogP contribution in [0.25, 0.3) is 11.5 Å². The molecule has 20 heavy (non-hydrogen) atoms.